The summed E-state index contributed by atoms with van der Waals surface area (Å²) in [5.41, 5.74) is 2.11. The molecule has 6 heteroatoms. The van der Waals surface area contributed by atoms with E-state index < -0.39 is 0 Å². The molecule has 20 heavy (non-hydrogen) atoms. The third-order valence-corrected chi connectivity index (χ3v) is 3.74. The first-order valence-electron chi connectivity index (χ1n) is 7.29. The van der Waals surface area contributed by atoms with E-state index in [0.29, 0.717) is 12.4 Å². The molecule has 2 aromatic rings. The van der Waals surface area contributed by atoms with Gasteiger partial charge in [-0.15, -0.1) is 0 Å². The normalized spacial score (nSPS) is 20.0. The summed E-state index contributed by atoms with van der Waals surface area (Å²) in [5, 5.41) is 12.0. The Labute approximate surface area is 118 Å². The number of aromatic nitrogens is 4. The van der Waals surface area contributed by atoms with E-state index in [-0.39, 0.29) is 6.04 Å². The minimum atomic E-state index is 0.232. The molecule has 0 radical (unpaired) electrons. The van der Waals surface area contributed by atoms with Gasteiger partial charge in [0.15, 0.2) is 5.82 Å². The van der Waals surface area contributed by atoms with Crippen molar-refractivity contribution in [3.05, 3.63) is 29.2 Å². The predicted octanol–water partition coefficient (Wildman–Crippen LogP) is 2.14. The monoisotopic (exact) mass is 275 g/mol. The smallest absolute Gasteiger partial charge is 0.248 e. The van der Waals surface area contributed by atoms with Crippen LogP contribution in [0, 0.1) is 13.8 Å². The summed E-state index contributed by atoms with van der Waals surface area (Å²) >= 11 is 0. The SMILES string of the molecule is Cc1cc(C)n(Cc2nc([C@H]3CCCCCN3)no2)n1. The van der Waals surface area contributed by atoms with Gasteiger partial charge in [0, 0.05) is 5.69 Å². The van der Waals surface area contributed by atoms with Gasteiger partial charge in [-0.05, 0) is 39.3 Å². The highest BCUT2D eigenvalue weighted by molar-refractivity contribution is 5.07. The Morgan fingerprint density at radius 3 is 3.05 bits per heavy atom. The fourth-order valence-electron chi connectivity index (χ4n) is 2.69. The maximum Gasteiger partial charge on any atom is 0.248 e. The Balaban J connectivity index is 1.71. The molecule has 1 atom stereocenters. The number of rotatable bonds is 3. The minimum Gasteiger partial charge on any atom is -0.337 e. The summed E-state index contributed by atoms with van der Waals surface area (Å²) in [6.45, 7) is 5.59. The molecule has 0 aromatic carbocycles. The predicted molar refractivity (Wildman–Crippen MR) is 74.3 cm³/mol. The maximum absolute atomic E-state index is 5.36. The third kappa shape index (κ3) is 2.90. The molecule has 108 valence electrons. The molecule has 2 aromatic heterocycles. The summed E-state index contributed by atoms with van der Waals surface area (Å²) in [6.07, 6.45) is 4.81. The van der Waals surface area contributed by atoms with E-state index in [2.05, 4.69) is 20.6 Å². The Bertz CT molecular complexity index is 566. The van der Waals surface area contributed by atoms with Crippen molar-refractivity contribution in [3.63, 3.8) is 0 Å². The van der Waals surface area contributed by atoms with Crippen molar-refractivity contribution in [2.75, 3.05) is 6.54 Å². The van der Waals surface area contributed by atoms with E-state index in [1.807, 2.05) is 24.6 Å². The van der Waals surface area contributed by atoms with Gasteiger partial charge in [0.25, 0.3) is 0 Å². The van der Waals surface area contributed by atoms with E-state index in [1.54, 1.807) is 0 Å². The van der Waals surface area contributed by atoms with Crippen LogP contribution in [0.25, 0.3) is 0 Å². The van der Waals surface area contributed by atoms with Crippen LogP contribution in [0.3, 0.4) is 0 Å². The Hall–Kier alpha value is -1.69. The van der Waals surface area contributed by atoms with Gasteiger partial charge < -0.3 is 9.84 Å². The molecule has 1 fully saturated rings. The first kappa shape index (κ1) is 13.3. The standard InChI is InChI=1S/C14H21N5O/c1-10-8-11(2)19(17-10)9-13-16-14(18-20-13)12-6-4-3-5-7-15-12/h8,12,15H,3-7,9H2,1-2H3/t12-/m1/s1. The fourth-order valence-corrected chi connectivity index (χ4v) is 2.69. The van der Waals surface area contributed by atoms with Gasteiger partial charge in [-0.1, -0.05) is 18.0 Å². The van der Waals surface area contributed by atoms with Gasteiger partial charge in [0.05, 0.1) is 11.7 Å². The lowest BCUT2D eigenvalue weighted by Crippen LogP contribution is -2.21. The highest BCUT2D eigenvalue weighted by Gasteiger charge is 2.19. The molecular formula is C14H21N5O. The van der Waals surface area contributed by atoms with Crippen LogP contribution in [0.2, 0.25) is 0 Å². The van der Waals surface area contributed by atoms with Crippen molar-refractivity contribution in [1.82, 2.24) is 25.2 Å². The summed E-state index contributed by atoms with van der Waals surface area (Å²) in [5.74, 6) is 1.40. The third-order valence-electron chi connectivity index (χ3n) is 3.74. The van der Waals surface area contributed by atoms with E-state index in [9.17, 15) is 0 Å². The number of nitrogens with zero attached hydrogens (tertiary/aromatic N) is 4. The highest BCUT2D eigenvalue weighted by Crippen LogP contribution is 2.20. The molecule has 1 saturated heterocycles. The molecular weight excluding hydrogens is 254 g/mol. The van der Waals surface area contributed by atoms with Crippen LogP contribution >= 0.6 is 0 Å². The second kappa shape index (κ2) is 5.75. The minimum absolute atomic E-state index is 0.232. The zero-order valence-corrected chi connectivity index (χ0v) is 12.1. The summed E-state index contributed by atoms with van der Waals surface area (Å²) in [6, 6.07) is 2.28. The lowest BCUT2D eigenvalue weighted by atomic mass is 10.1. The van der Waals surface area contributed by atoms with Crippen molar-refractivity contribution < 1.29 is 4.52 Å². The first-order valence-corrected chi connectivity index (χ1v) is 7.29. The van der Waals surface area contributed by atoms with Gasteiger partial charge in [0.1, 0.15) is 6.54 Å². The Morgan fingerprint density at radius 1 is 1.35 bits per heavy atom. The maximum atomic E-state index is 5.36. The lowest BCUT2D eigenvalue weighted by Gasteiger charge is -2.09. The quantitative estimate of drug-likeness (QED) is 0.929. The highest BCUT2D eigenvalue weighted by atomic mass is 16.5. The van der Waals surface area contributed by atoms with E-state index in [4.69, 9.17) is 4.52 Å². The fraction of sp³-hybridized carbons (Fsp3) is 0.643. The Morgan fingerprint density at radius 2 is 2.25 bits per heavy atom. The summed E-state index contributed by atoms with van der Waals surface area (Å²) in [7, 11) is 0. The molecule has 1 N–H and O–H groups in total. The van der Waals surface area contributed by atoms with Crippen molar-refractivity contribution >= 4 is 0 Å². The van der Waals surface area contributed by atoms with Crippen LogP contribution in [0.4, 0.5) is 0 Å². The number of hydrogen-bond donors (Lipinski definition) is 1. The van der Waals surface area contributed by atoms with Gasteiger partial charge in [-0.25, -0.2) is 0 Å². The van der Waals surface area contributed by atoms with Gasteiger partial charge in [0.2, 0.25) is 5.89 Å². The second-order valence-corrected chi connectivity index (χ2v) is 5.49. The molecule has 0 spiro atoms. The summed E-state index contributed by atoms with van der Waals surface area (Å²) < 4.78 is 7.26. The Kier molecular flexibility index (Phi) is 3.82. The van der Waals surface area contributed by atoms with Crippen LogP contribution in [-0.2, 0) is 6.54 Å². The second-order valence-electron chi connectivity index (χ2n) is 5.49. The largest absolute Gasteiger partial charge is 0.337 e. The average Bonchev–Trinajstić information content (AvgIpc) is 2.88. The van der Waals surface area contributed by atoms with Crippen LogP contribution in [-0.4, -0.2) is 26.5 Å². The zero-order chi connectivity index (χ0) is 13.9. The molecule has 0 amide bonds. The molecule has 0 unspecified atom stereocenters. The van der Waals surface area contributed by atoms with Crippen LogP contribution in [0.5, 0.6) is 0 Å². The molecule has 0 bridgehead atoms. The molecule has 0 saturated carbocycles. The number of hydrogen-bond acceptors (Lipinski definition) is 5. The molecule has 3 rings (SSSR count). The van der Waals surface area contributed by atoms with E-state index in [0.717, 1.165) is 30.2 Å². The molecule has 1 aliphatic heterocycles. The zero-order valence-electron chi connectivity index (χ0n) is 12.1. The van der Waals surface area contributed by atoms with Crippen LogP contribution in [0.15, 0.2) is 10.6 Å². The van der Waals surface area contributed by atoms with Crippen LogP contribution < -0.4 is 5.32 Å². The lowest BCUT2D eigenvalue weighted by molar-refractivity contribution is 0.353. The summed E-state index contributed by atoms with van der Waals surface area (Å²) in [4.78, 5) is 4.52. The molecule has 6 nitrogen and oxygen atoms in total. The van der Waals surface area contributed by atoms with Crippen molar-refractivity contribution in [2.24, 2.45) is 0 Å². The number of aryl methyl sites for hydroxylation is 2. The van der Waals surface area contributed by atoms with Crippen LogP contribution in [0.1, 0.15) is 54.8 Å². The topological polar surface area (TPSA) is 68.8 Å². The van der Waals surface area contributed by atoms with Crippen molar-refractivity contribution in [3.8, 4) is 0 Å². The first-order chi connectivity index (χ1) is 9.72. The average molecular weight is 275 g/mol. The van der Waals surface area contributed by atoms with Gasteiger partial charge in [-0.3, -0.25) is 4.68 Å². The van der Waals surface area contributed by atoms with E-state index >= 15 is 0 Å². The van der Waals surface area contributed by atoms with Crippen molar-refractivity contribution in [2.45, 2.75) is 52.1 Å². The van der Waals surface area contributed by atoms with Gasteiger partial charge >= 0.3 is 0 Å². The molecule has 0 aliphatic carbocycles. The van der Waals surface area contributed by atoms with Crippen molar-refractivity contribution in [1.29, 1.82) is 0 Å². The van der Waals surface area contributed by atoms with Gasteiger partial charge in [-0.2, -0.15) is 10.1 Å². The molecule has 3 heterocycles. The molecule has 1 aliphatic rings. The van der Waals surface area contributed by atoms with E-state index in [1.165, 1.54) is 19.3 Å². The number of nitrogens with one attached hydrogen (secondary N) is 1.